The second kappa shape index (κ2) is 7.51. The third-order valence-electron chi connectivity index (χ3n) is 5.17. The van der Waals surface area contributed by atoms with Crippen LogP contribution >= 0.6 is 0 Å². The Bertz CT molecular complexity index is 1340. The van der Waals surface area contributed by atoms with Gasteiger partial charge in [-0.25, -0.2) is 8.42 Å². The summed E-state index contributed by atoms with van der Waals surface area (Å²) >= 11 is 0. The predicted octanol–water partition coefficient (Wildman–Crippen LogP) is 3.50. The Labute approximate surface area is 179 Å². The van der Waals surface area contributed by atoms with E-state index in [1.807, 2.05) is 30.3 Å². The van der Waals surface area contributed by atoms with Crippen LogP contribution in [0.1, 0.15) is 5.56 Å². The number of nitrogens with one attached hydrogen (secondary N) is 1. The molecule has 31 heavy (non-hydrogen) atoms. The van der Waals surface area contributed by atoms with E-state index in [1.54, 1.807) is 12.1 Å². The smallest absolute Gasteiger partial charge is 0.273 e. The maximum absolute atomic E-state index is 13.1. The van der Waals surface area contributed by atoms with Gasteiger partial charge in [0.25, 0.3) is 15.9 Å². The highest BCUT2D eigenvalue weighted by Crippen LogP contribution is 2.43. The molecule has 0 bridgehead atoms. The van der Waals surface area contributed by atoms with Gasteiger partial charge in [0.15, 0.2) is 22.2 Å². The number of rotatable bonds is 4. The van der Waals surface area contributed by atoms with Gasteiger partial charge in [0.1, 0.15) is 0 Å². The second-order valence-corrected chi connectivity index (χ2v) is 8.76. The number of ether oxygens (including phenoxy) is 2. The number of carbonyl (C=O) groups excluding carboxylic acids is 1. The molecule has 0 fully saturated rings. The van der Waals surface area contributed by atoms with Crippen LogP contribution in [0.4, 0.5) is 11.4 Å². The highest BCUT2D eigenvalue weighted by molar-refractivity contribution is 7.97. The number of aliphatic hydroxyl groups excluding tert-OH is 1. The van der Waals surface area contributed by atoms with E-state index < -0.39 is 26.6 Å². The summed E-state index contributed by atoms with van der Waals surface area (Å²) in [5, 5.41) is 15.1. The van der Waals surface area contributed by atoms with Crippen molar-refractivity contribution in [3.63, 3.8) is 0 Å². The molecule has 160 valence electrons. The molecular formula is C22H20N2O6S. The molecule has 1 aliphatic rings. The van der Waals surface area contributed by atoms with Crippen LogP contribution in [0, 0.1) is 0 Å². The second-order valence-electron chi connectivity index (χ2n) is 6.86. The molecule has 3 aromatic rings. The van der Waals surface area contributed by atoms with E-state index >= 15 is 0 Å². The minimum atomic E-state index is -4.33. The standard InChI is InChI=1S/C22H20N2O6S/c1-24-17-12-19(30-3)18(29-2)11-15(17)20(25)21(31(24,27)28)22(26)23-16-10-6-8-13-7-4-5-9-14(13)16/h4-12,25H,1-3H3,(H,23,26). The van der Waals surface area contributed by atoms with Crippen molar-refractivity contribution in [3.05, 3.63) is 65.1 Å². The van der Waals surface area contributed by atoms with E-state index in [4.69, 9.17) is 9.47 Å². The molecule has 0 saturated carbocycles. The van der Waals surface area contributed by atoms with E-state index in [1.165, 1.54) is 33.4 Å². The normalized spacial score (nSPS) is 14.9. The lowest BCUT2D eigenvalue weighted by Gasteiger charge is -2.29. The maximum atomic E-state index is 13.1. The minimum Gasteiger partial charge on any atom is -0.506 e. The Morgan fingerprint density at radius 2 is 1.65 bits per heavy atom. The molecule has 1 aliphatic heterocycles. The van der Waals surface area contributed by atoms with Crippen molar-refractivity contribution in [2.75, 3.05) is 30.9 Å². The molecule has 8 nitrogen and oxygen atoms in total. The lowest BCUT2D eigenvalue weighted by atomic mass is 10.1. The van der Waals surface area contributed by atoms with Crippen LogP contribution < -0.4 is 19.1 Å². The quantitative estimate of drug-likeness (QED) is 0.643. The van der Waals surface area contributed by atoms with Crippen LogP contribution in [-0.2, 0) is 14.8 Å². The number of hydrogen-bond donors (Lipinski definition) is 2. The monoisotopic (exact) mass is 440 g/mol. The zero-order valence-corrected chi connectivity index (χ0v) is 17.9. The molecule has 1 heterocycles. The number of carbonyl (C=O) groups is 1. The van der Waals surface area contributed by atoms with Crippen molar-refractivity contribution in [2.24, 2.45) is 0 Å². The first kappa shape index (κ1) is 20.5. The zero-order chi connectivity index (χ0) is 22.3. The lowest BCUT2D eigenvalue weighted by Crippen LogP contribution is -2.37. The summed E-state index contributed by atoms with van der Waals surface area (Å²) in [6.07, 6.45) is 0. The Balaban J connectivity index is 1.85. The Morgan fingerprint density at radius 3 is 2.35 bits per heavy atom. The largest absolute Gasteiger partial charge is 0.506 e. The zero-order valence-electron chi connectivity index (χ0n) is 17.0. The molecular weight excluding hydrogens is 420 g/mol. The van der Waals surface area contributed by atoms with Crippen molar-refractivity contribution in [1.29, 1.82) is 0 Å². The van der Waals surface area contributed by atoms with Crippen LogP contribution in [0.25, 0.3) is 16.5 Å². The molecule has 0 aromatic heterocycles. The van der Waals surface area contributed by atoms with Gasteiger partial charge in [-0.05, 0) is 17.5 Å². The highest BCUT2D eigenvalue weighted by Gasteiger charge is 2.40. The highest BCUT2D eigenvalue weighted by atomic mass is 32.2. The molecule has 3 aromatic carbocycles. The summed E-state index contributed by atoms with van der Waals surface area (Å²) in [6, 6.07) is 15.5. The first-order chi connectivity index (χ1) is 14.8. The maximum Gasteiger partial charge on any atom is 0.273 e. The fourth-order valence-corrected chi connectivity index (χ4v) is 4.89. The topological polar surface area (TPSA) is 105 Å². The number of fused-ring (bicyclic) bond motifs is 2. The van der Waals surface area contributed by atoms with Crippen LogP contribution in [0.15, 0.2) is 59.5 Å². The van der Waals surface area contributed by atoms with Gasteiger partial charge in [0.05, 0.1) is 19.9 Å². The van der Waals surface area contributed by atoms with Gasteiger partial charge in [0, 0.05) is 29.8 Å². The minimum absolute atomic E-state index is 0.137. The van der Waals surface area contributed by atoms with Gasteiger partial charge in [-0.3, -0.25) is 9.10 Å². The number of nitrogens with zero attached hydrogens (tertiary/aromatic N) is 1. The fraction of sp³-hybridized carbons (Fsp3) is 0.136. The first-order valence-electron chi connectivity index (χ1n) is 9.27. The molecule has 0 unspecified atom stereocenters. The third-order valence-corrected chi connectivity index (χ3v) is 6.99. The number of benzene rings is 3. The summed E-state index contributed by atoms with van der Waals surface area (Å²) in [7, 11) is -0.188. The van der Waals surface area contributed by atoms with Crippen molar-refractivity contribution in [3.8, 4) is 11.5 Å². The van der Waals surface area contributed by atoms with Gasteiger partial charge >= 0.3 is 0 Å². The lowest BCUT2D eigenvalue weighted by molar-refractivity contribution is -0.112. The Morgan fingerprint density at radius 1 is 1.00 bits per heavy atom. The Hall–Kier alpha value is -3.72. The third kappa shape index (κ3) is 3.23. The molecule has 2 N–H and O–H groups in total. The summed E-state index contributed by atoms with van der Waals surface area (Å²) < 4.78 is 37.6. The molecule has 0 spiro atoms. The van der Waals surface area contributed by atoms with Gasteiger partial charge < -0.3 is 19.9 Å². The fourth-order valence-electron chi connectivity index (χ4n) is 3.57. The van der Waals surface area contributed by atoms with Crippen LogP contribution in [0.2, 0.25) is 0 Å². The van der Waals surface area contributed by atoms with Gasteiger partial charge in [-0.15, -0.1) is 0 Å². The average Bonchev–Trinajstić information content (AvgIpc) is 2.77. The van der Waals surface area contributed by atoms with Crippen molar-refractivity contribution < 1.29 is 27.8 Å². The van der Waals surface area contributed by atoms with Gasteiger partial charge in [-0.1, -0.05) is 36.4 Å². The Kier molecular flexibility index (Phi) is 4.98. The first-order valence-corrected chi connectivity index (χ1v) is 10.7. The van der Waals surface area contributed by atoms with Crippen molar-refractivity contribution >= 4 is 43.8 Å². The van der Waals surface area contributed by atoms with E-state index in [-0.39, 0.29) is 17.0 Å². The summed E-state index contributed by atoms with van der Waals surface area (Å²) in [5.41, 5.74) is 0.731. The molecule has 0 radical (unpaired) electrons. The average molecular weight is 440 g/mol. The number of hydrogen-bond acceptors (Lipinski definition) is 6. The molecule has 0 saturated heterocycles. The summed E-state index contributed by atoms with van der Waals surface area (Å²) in [6.45, 7) is 0. The van der Waals surface area contributed by atoms with Crippen LogP contribution in [-0.4, -0.2) is 40.7 Å². The van der Waals surface area contributed by atoms with Crippen molar-refractivity contribution in [1.82, 2.24) is 0 Å². The van der Waals surface area contributed by atoms with Gasteiger partial charge in [0.2, 0.25) is 0 Å². The number of amides is 1. The molecule has 0 aliphatic carbocycles. The van der Waals surface area contributed by atoms with Crippen LogP contribution in [0.3, 0.4) is 0 Å². The molecule has 9 heteroatoms. The van der Waals surface area contributed by atoms with E-state index in [9.17, 15) is 18.3 Å². The molecule has 0 atom stereocenters. The summed E-state index contributed by atoms with van der Waals surface area (Å²) in [4.78, 5) is 12.3. The molecule has 1 amide bonds. The number of methoxy groups -OCH3 is 2. The van der Waals surface area contributed by atoms with E-state index in [0.29, 0.717) is 11.4 Å². The number of sulfonamides is 1. The predicted molar refractivity (Wildman–Crippen MR) is 119 cm³/mol. The van der Waals surface area contributed by atoms with E-state index in [2.05, 4.69) is 5.32 Å². The number of aliphatic hydroxyl groups is 1. The van der Waals surface area contributed by atoms with Gasteiger partial charge in [-0.2, -0.15) is 0 Å². The van der Waals surface area contributed by atoms with Crippen LogP contribution in [0.5, 0.6) is 11.5 Å². The van der Waals surface area contributed by atoms with Crippen molar-refractivity contribution in [2.45, 2.75) is 0 Å². The molecule has 4 rings (SSSR count). The summed E-state index contributed by atoms with van der Waals surface area (Å²) in [5.74, 6) is -1.03. The number of anilines is 2. The van der Waals surface area contributed by atoms with E-state index in [0.717, 1.165) is 15.1 Å². The SMILES string of the molecule is COc1cc2c(cc1OC)N(C)S(=O)(=O)C(C(=O)Nc1cccc3ccccc13)=C2O.